The molecule has 0 aliphatic heterocycles. The number of halogens is 3. The number of aromatic nitrogens is 1. The molecule has 2 rings (SSSR count). The van der Waals surface area contributed by atoms with Crippen molar-refractivity contribution in [3.05, 3.63) is 36.0 Å². The molecule has 0 amide bonds. The summed E-state index contributed by atoms with van der Waals surface area (Å²) in [6, 6.07) is 7.95. The summed E-state index contributed by atoms with van der Waals surface area (Å²) in [7, 11) is 0. The number of rotatable bonds is 5. The highest BCUT2D eigenvalue weighted by molar-refractivity contribution is 5.79. The van der Waals surface area contributed by atoms with E-state index in [9.17, 15) is 13.2 Å². The highest BCUT2D eigenvalue weighted by Gasteiger charge is 2.25. The molecule has 5 heteroatoms. The number of alkyl halides is 3. The zero-order chi connectivity index (χ0) is 13.0. The Balaban J connectivity index is 1.76. The quantitative estimate of drug-likeness (QED) is 0.786. The van der Waals surface area contributed by atoms with Crippen molar-refractivity contribution in [1.82, 2.24) is 10.3 Å². The Morgan fingerprint density at radius 2 is 2.00 bits per heavy atom. The summed E-state index contributed by atoms with van der Waals surface area (Å²) in [4.78, 5) is 3.09. The lowest BCUT2D eigenvalue weighted by Crippen LogP contribution is -2.17. The predicted molar refractivity (Wildman–Crippen MR) is 65.3 cm³/mol. The molecular weight excluding hydrogens is 241 g/mol. The molecule has 0 radical (unpaired) electrons. The molecule has 98 valence electrons. The van der Waals surface area contributed by atoms with Crippen LogP contribution in [-0.2, 0) is 6.54 Å². The van der Waals surface area contributed by atoms with Crippen LogP contribution in [0.2, 0.25) is 0 Å². The lowest BCUT2D eigenvalue weighted by atomic mass is 10.1. The molecule has 0 aliphatic rings. The van der Waals surface area contributed by atoms with E-state index < -0.39 is 12.6 Å². The molecule has 1 aromatic carbocycles. The molecule has 2 N–H and O–H groups in total. The standard InChI is InChI=1S/C13H15F3N2/c14-13(15,16)5-1-6-17-9-10-2-3-12-11(8-10)4-7-18-12/h2-4,7-8,17-18H,1,5-6,9H2. The molecule has 18 heavy (non-hydrogen) atoms. The van der Waals surface area contributed by atoms with Gasteiger partial charge in [-0.1, -0.05) is 6.07 Å². The van der Waals surface area contributed by atoms with Crippen molar-refractivity contribution in [3.8, 4) is 0 Å². The second-order valence-corrected chi connectivity index (χ2v) is 4.29. The summed E-state index contributed by atoms with van der Waals surface area (Å²) in [5, 5.41) is 4.14. The van der Waals surface area contributed by atoms with Gasteiger partial charge in [-0.15, -0.1) is 0 Å². The maximum Gasteiger partial charge on any atom is 0.389 e. The van der Waals surface area contributed by atoms with Gasteiger partial charge in [-0.05, 0) is 42.1 Å². The Hall–Kier alpha value is -1.49. The number of aromatic amines is 1. The first kappa shape index (κ1) is 13.0. The van der Waals surface area contributed by atoms with Crippen molar-refractivity contribution in [1.29, 1.82) is 0 Å². The summed E-state index contributed by atoms with van der Waals surface area (Å²) < 4.78 is 35.7. The maximum absolute atomic E-state index is 11.9. The van der Waals surface area contributed by atoms with E-state index in [0.717, 1.165) is 16.5 Å². The van der Waals surface area contributed by atoms with E-state index in [1.54, 1.807) is 0 Å². The lowest BCUT2D eigenvalue weighted by Gasteiger charge is -2.07. The van der Waals surface area contributed by atoms with Crippen molar-refractivity contribution in [2.24, 2.45) is 0 Å². The topological polar surface area (TPSA) is 27.8 Å². The van der Waals surface area contributed by atoms with Crippen LogP contribution in [0.25, 0.3) is 10.9 Å². The fourth-order valence-corrected chi connectivity index (χ4v) is 1.86. The average Bonchev–Trinajstić information content (AvgIpc) is 2.74. The van der Waals surface area contributed by atoms with Gasteiger partial charge in [0, 0.05) is 24.7 Å². The number of benzene rings is 1. The van der Waals surface area contributed by atoms with Crippen LogP contribution in [0.3, 0.4) is 0 Å². The molecule has 0 aliphatic carbocycles. The van der Waals surface area contributed by atoms with Gasteiger partial charge in [0.05, 0.1) is 0 Å². The van der Waals surface area contributed by atoms with Gasteiger partial charge in [0.1, 0.15) is 0 Å². The minimum Gasteiger partial charge on any atom is -0.361 e. The lowest BCUT2D eigenvalue weighted by molar-refractivity contribution is -0.135. The Morgan fingerprint density at radius 3 is 2.78 bits per heavy atom. The first-order valence-electron chi connectivity index (χ1n) is 5.88. The van der Waals surface area contributed by atoms with E-state index in [1.165, 1.54) is 0 Å². The van der Waals surface area contributed by atoms with Gasteiger partial charge in [0.2, 0.25) is 0 Å². The molecule has 0 bridgehead atoms. The van der Waals surface area contributed by atoms with E-state index in [-0.39, 0.29) is 6.42 Å². The number of hydrogen-bond acceptors (Lipinski definition) is 1. The highest BCUT2D eigenvalue weighted by atomic mass is 19.4. The molecule has 2 nitrogen and oxygen atoms in total. The van der Waals surface area contributed by atoms with Gasteiger partial charge < -0.3 is 10.3 Å². The molecule has 0 atom stereocenters. The summed E-state index contributed by atoms with van der Waals surface area (Å²) in [5.74, 6) is 0. The summed E-state index contributed by atoms with van der Waals surface area (Å²) in [6.45, 7) is 0.976. The van der Waals surface area contributed by atoms with Gasteiger partial charge in [-0.2, -0.15) is 13.2 Å². The molecule has 2 aromatic rings. The summed E-state index contributed by atoms with van der Waals surface area (Å²) >= 11 is 0. The number of hydrogen-bond donors (Lipinski definition) is 2. The molecule has 0 spiro atoms. The second kappa shape index (κ2) is 5.44. The van der Waals surface area contributed by atoms with E-state index in [2.05, 4.69) is 10.3 Å². The van der Waals surface area contributed by atoms with Crippen LogP contribution in [0, 0.1) is 0 Å². The van der Waals surface area contributed by atoms with Crippen LogP contribution >= 0.6 is 0 Å². The van der Waals surface area contributed by atoms with Gasteiger partial charge in [-0.25, -0.2) is 0 Å². The minimum atomic E-state index is -4.05. The summed E-state index contributed by atoms with van der Waals surface area (Å²) in [6.07, 6.45) is -2.79. The van der Waals surface area contributed by atoms with Crippen molar-refractivity contribution < 1.29 is 13.2 Å². The molecule has 1 heterocycles. The molecule has 0 saturated carbocycles. The van der Waals surface area contributed by atoms with Crippen molar-refractivity contribution in [3.63, 3.8) is 0 Å². The van der Waals surface area contributed by atoms with Gasteiger partial charge in [-0.3, -0.25) is 0 Å². The monoisotopic (exact) mass is 256 g/mol. The van der Waals surface area contributed by atoms with Crippen LogP contribution in [0.1, 0.15) is 18.4 Å². The number of fused-ring (bicyclic) bond motifs is 1. The fourth-order valence-electron chi connectivity index (χ4n) is 1.86. The Kier molecular flexibility index (Phi) is 3.91. The third-order valence-electron chi connectivity index (χ3n) is 2.76. The van der Waals surface area contributed by atoms with Crippen LogP contribution in [-0.4, -0.2) is 17.7 Å². The van der Waals surface area contributed by atoms with Gasteiger partial charge in [0.25, 0.3) is 0 Å². The van der Waals surface area contributed by atoms with Crippen LogP contribution in [0.4, 0.5) is 13.2 Å². The van der Waals surface area contributed by atoms with E-state index in [0.29, 0.717) is 13.1 Å². The zero-order valence-electron chi connectivity index (χ0n) is 9.85. The van der Waals surface area contributed by atoms with Gasteiger partial charge in [0.15, 0.2) is 0 Å². The Labute approximate surface area is 103 Å². The van der Waals surface area contributed by atoms with Crippen LogP contribution < -0.4 is 5.32 Å². The normalized spacial score (nSPS) is 12.2. The SMILES string of the molecule is FC(F)(F)CCCNCc1ccc2[nH]ccc2c1. The van der Waals surface area contributed by atoms with Crippen molar-refractivity contribution in [2.45, 2.75) is 25.6 Å². The van der Waals surface area contributed by atoms with Crippen LogP contribution in [0.15, 0.2) is 30.5 Å². The Morgan fingerprint density at radius 1 is 1.17 bits per heavy atom. The number of nitrogens with one attached hydrogen (secondary N) is 2. The first-order valence-corrected chi connectivity index (χ1v) is 5.88. The van der Waals surface area contributed by atoms with Crippen molar-refractivity contribution in [2.75, 3.05) is 6.54 Å². The fraction of sp³-hybridized carbons (Fsp3) is 0.385. The van der Waals surface area contributed by atoms with Gasteiger partial charge >= 0.3 is 6.18 Å². The van der Waals surface area contributed by atoms with E-state index >= 15 is 0 Å². The highest BCUT2D eigenvalue weighted by Crippen LogP contribution is 2.20. The maximum atomic E-state index is 11.9. The molecule has 1 aromatic heterocycles. The second-order valence-electron chi connectivity index (χ2n) is 4.29. The molecule has 0 unspecified atom stereocenters. The molecule has 0 fully saturated rings. The molecular formula is C13H15F3N2. The third-order valence-corrected chi connectivity index (χ3v) is 2.76. The number of H-pyrrole nitrogens is 1. The van der Waals surface area contributed by atoms with Crippen molar-refractivity contribution >= 4 is 10.9 Å². The summed E-state index contributed by atoms with van der Waals surface area (Å²) in [5.41, 5.74) is 2.14. The smallest absolute Gasteiger partial charge is 0.361 e. The first-order chi connectivity index (χ1) is 8.54. The largest absolute Gasteiger partial charge is 0.389 e. The third kappa shape index (κ3) is 3.77. The minimum absolute atomic E-state index is 0.121. The zero-order valence-corrected chi connectivity index (χ0v) is 9.85. The predicted octanol–water partition coefficient (Wildman–Crippen LogP) is 3.60. The van der Waals surface area contributed by atoms with Crippen LogP contribution in [0.5, 0.6) is 0 Å². The van der Waals surface area contributed by atoms with E-state index in [4.69, 9.17) is 0 Å². The Bertz CT molecular complexity index is 502. The average molecular weight is 256 g/mol. The molecule has 0 saturated heterocycles. The van der Waals surface area contributed by atoms with E-state index in [1.807, 2.05) is 30.5 Å².